The minimum absolute atomic E-state index is 0.0912. The van der Waals surface area contributed by atoms with E-state index in [-0.39, 0.29) is 18.2 Å². The first-order chi connectivity index (χ1) is 13.5. The quantitative estimate of drug-likeness (QED) is 0.481. The van der Waals surface area contributed by atoms with Gasteiger partial charge in [0.1, 0.15) is 39.4 Å². The number of carbonyl (C=O) groups is 1. The standard InChI is InChI=1S/C18H25N5O5/c1-12(20-25-4)16(22-26-5)13(2)21-28-11-14-9-7-8-10-15(14)17(23-27-6)18(24)19-3/h7-10H,11H2,1-6H3,(H,19,24)/b20-12?,21-13+,22-16?,23-17+. The lowest BCUT2D eigenvalue weighted by molar-refractivity contribution is -0.114. The van der Waals surface area contributed by atoms with Gasteiger partial charge in [-0.05, 0) is 13.8 Å². The Morgan fingerprint density at radius 2 is 1.54 bits per heavy atom. The molecule has 10 nitrogen and oxygen atoms in total. The number of nitrogens with one attached hydrogen (secondary N) is 1. The van der Waals surface area contributed by atoms with Crippen molar-refractivity contribution >= 4 is 28.8 Å². The molecule has 0 saturated carbocycles. The number of oxime groups is 4. The number of carbonyl (C=O) groups excluding carboxylic acids is 1. The second-order valence-electron chi connectivity index (χ2n) is 5.29. The van der Waals surface area contributed by atoms with E-state index < -0.39 is 0 Å². The van der Waals surface area contributed by atoms with Crippen molar-refractivity contribution in [1.29, 1.82) is 0 Å². The number of rotatable bonds is 10. The molecule has 0 unspecified atom stereocenters. The van der Waals surface area contributed by atoms with Gasteiger partial charge in [-0.3, -0.25) is 4.79 Å². The molecule has 0 fully saturated rings. The first-order valence-corrected chi connectivity index (χ1v) is 8.27. The molecule has 0 saturated heterocycles. The molecule has 1 N–H and O–H groups in total. The van der Waals surface area contributed by atoms with Crippen LogP contribution in [0.2, 0.25) is 0 Å². The van der Waals surface area contributed by atoms with Gasteiger partial charge in [0.05, 0.1) is 0 Å². The Balaban J connectivity index is 3.06. The molecule has 28 heavy (non-hydrogen) atoms. The number of hydrogen-bond donors (Lipinski definition) is 1. The number of hydrogen-bond acceptors (Lipinski definition) is 9. The summed E-state index contributed by atoms with van der Waals surface area (Å²) in [6.45, 7) is 3.49. The van der Waals surface area contributed by atoms with Crippen LogP contribution in [0.15, 0.2) is 44.9 Å². The van der Waals surface area contributed by atoms with E-state index in [0.29, 0.717) is 28.3 Å². The first-order valence-electron chi connectivity index (χ1n) is 8.27. The fraction of sp³-hybridized carbons (Fsp3) is 0.389. The van der Waals surface area contributed by atoms with E-state index in [0.717, 1.165) is 0 Å². The molecule has 0 radical (unpaired) electrons. The highest BCUT2D eigenvalue weighted by atomic mass is 16.6. The van der Waals surface area contributed by atoms with E-state index in [9.17, 15) is 4.79 Å². The first kappa shape index (κ1) is 22.6. The Labute approximate surface area is 163 Å². The fourth-order valence-electron chi connectivity index (χ4n) is 2.21. The summed E-state index contributed by atoms with van der Waals surface area (Å²) in [6, 6.07) is 7.15. The smallest absolute Gasteiger partial charge is 0.273 e. The van der Waals surface area contributed by atoms with Crippen LogP contribution in [0.4, 0.5) is 0 Å². The summed E-state index contributed by atoms with van der Waals surface area (Å²) in [5.74, 6) is -0.380. The number of nitrogens with zero attached hydrogens (tertiary/aromatic N) is 4. The molecule has 1 rings (SSSR count). The summed E-state index contributed by atoms with van der Waals surface area (Å²) >= 11 is 0. The van der Waals surface area contributed by atoms with E-state index in [1.165, 1.54) is 28.4 Å². The molecule has 1 amide bonds. The zero-order valence-corrected chi connectivity index (χ0v) is 16.8. The monoisotopic (exact) mass is 391 g/mol. The van der Waals surface area contributed by atoms with Crippen LogP contribution in [0.25, 0.3) is 0 Å². The summed E-state index contributed by atoms with van der Waals surface area (Å²) in [4.78, 5) is 31.9. The maximum Gasteiger partial charge on any atom is 0.273 e. The second kappa shape index (κ2) is 12.0. The lowest BCUT2D eigenvalue weighted by Gasteiger charge is -2.10. The Hall–Kier alpha value is -3.43. The van der Waals surface area contributed by atoms with Gasteiger partial charge >= 0.3 is 0 Å². The third-order valence-corrected chi connectivity index (χ3v) is 3.41. The Morgan fingerprint density at radius 3 is 2.14 bits per heavy atom. The molecular formula is C18H25N5O5. The second-order valence-corrected chi connectivity index (χ2v) is 5.29. The molecule has 0 spiro atoms. The van der Waals surface area contributed by atoms with Gasteiger partial charge in [0, 0.05) is 18.2 Å². The number of benzene rings is 1. The maximum atomic E-state index is 12.1. The van der Waals surface area contributed by atoms with E-state index in [2.05, 4.69) is 25.9 Å². The molecule has 0 atom stereocenters. The highest BCUT2D eigenvalue weighted by Gasteiger charge is 2.17. The lowest BCUT2D eigenvalue weighted by Crippen LogP contribution is -2.29. The van der Waals surface area contributed by atoms with Crippen molar-refractivity contribution < 1.29 is 24.1 Å². The van der Waals surface area contributed by atoms with Crippen LogP contribution in [0.3, 0.4) is 0 Å². The topological polar surface area (TPSA) is 115 Å². The van der Waals surface area contributed by atoms with Crippen LogP contribution >= 0.6 is 0 Å². The number of amides is 1. The SMILES string of the molecule is CNC(=O)/C(=N/OC)c1ccccc1CO/N=C(\C)C(=NOC)C(C)=NOC. The van der Waals surface area contributed by atoms with Crippen molar-refractivity contribution in [2.75, 3.05) is 28.4 Å². The average Bonchev–Trinajstić information content (AvgIpc) is 2.70. The van der Waals surface area contributed by atoms with Gasteiger partial charge in [0.2, 0.25) is 0 Å². The highest BCUT2D eigenvalue weighted by Crippen LogP contribution is 2.13. The molecule has 0 aliphatic heterocycles. The summed E-state index contributed by atoms with van der Waals surface area (Å²) in [6.07, 6.45) is 0. The van der Waals surface area contributed by atoms with Crippen LogP contribution in [0.1, 0.15) is 25.0 Å². The predicted octanol–water partition coefficient (Wildman–Crippen LogP) is 1.70. The zero-order chi connectivity index (χ0) is 20.9. The van der Waals surface area contributed by atoms with Gasteiger partial charge in [-0.1, -0.05) is 44.9 Å². The van der Waals surface area contributed by atoms with Gasteiger partial charge in [-0.15, -0.1) is 0 Å². The van der Waals surface area contributed by atoms with Gasteiger partial charge in [0.15, 0.2) is 11.4 Å². The maximum absolute atomic E-state index is 12.1. The Kier molecular flexibility index (Phi) is 9.73. The van der Waals surface area contributed by atoms with Gasteiger partial charge in [-0.25, -0.2) is 0 Å². The molecular weight excluding hydrogens is 366 g/mol. The normalized spacial score (nSPS) is 13.1. The molecule has 152 valence electrons. The van der Waals surface area contributed by atoms with Gasteiger partial charge < -0.3 is 24.7 Å². The Morgan fingerprint density at radius 1 is 0.929 bits per heavy atom. The summed E-state index contributed by atoms with van der Waals surface area (Å²) in [5, 5.41) is 18.1. The number of likely N-dealkylation sites (N-methyl/N-ethyl adjacent to an activating group) is 1. The van der Waals surface area contributed by atoms with Gasteiger partial charge in [-0.2, -0.15) is 0 Å². The molecule has 0 aliphatic carbocycles. The van der Waals surface area contributed by atoms with E-state index in [1.54, 1.807) is 32.0 Å². The van der Waals surface area contributed by atoms with Crippen LogP contribution < -0.4 is 5.32 Å². The highest BCUT2D eigenvalue weighted by molar-refractivity contribution is 6.67. The molecule has 0 heterocycles. The predicted molar refractivity (Wildman–Crippen MR) is 107 cm³/mol. The molecule has 0 bridgehead atoms. The van der Waals surface area contributed by atoms with Crippen LogP contribution in [0, 0.1) is 0 Å². The van der Waals surface area contributed by atoms with Crippen LogP contribution in [0.5, 0.6) is 0 Å². The van der Waals surface area contributed by atoms with Crippen molar-refractivity contribution in [3.8, 4) is 0 Å². The lowest BCUT2D eigenvalue weighted by atomic mass is 10.0. The minimum Gasteiger partial charge on any atom is -0.399 e. The molecule has 10 heteroatoms. The molecule has 1 aromatic carbocycles. The van der Waals surface area contributed by atoms with Gasteiger partial charge in [0.25, 0.3) is 5.91 Å². The fourth-order valence-corrected chi connectivity index (χ4v) is 2.21. The van der Waals surface area contributed by atoms with Crippen molar-refractivity contribution in [2.24, 2.45) is 20.6 Å². The van der Waals surface area contributed by atoms with Crippen molar-refractivity contribution in [1.82, 2.24) is 5.32 Å². The van der Waals surface area contributed by atoms with E-state index >= 15 is 0 Å². The third kappa shape index (κ3) is 6.38. The Bertz CT molecular complexity index is 786. The minimum atomic E-state index is -0.380. The van der Waals surface area contributed by atoms with Crippen molar-refractivity contribution in [2.45, 2.75) is 20.5 Å². The third-order valence-electron chi connectivity index (χ3n) is 3.41. The summed E-state index contributed by atoms with van der Waals surface area (Å²) in [7, 11) is 5.73. The summed E-state index contributed by atoms with van der Waals surface area (Å²) in [5.41, 5.74) is 2.70. The van der Waals surface area contributed by atoms with Crippen LogP contribution in [-0.2, 0) is 30.8 Å². The van der Waals surface area contributed by atoms with Crippen molar-refractivity contribution in [3.05, 3.63) is 35.4 Å². The van der Waals surface area contributed by atoms with Crippen LogP contribution in [-0.4, -0.2) is 57.1 Å². The van der Waals surface area contributed by atoms with Crippen molar-refractivity contribution in [3.63, 3.8) is 0 Å². The summed E-state index contributed by atoms with van der Waals surface area (Å²) < 4.78 is 0. The average molecular weight is 391 g/mol. The van der Waals surface area contributed by atoms with E-state index in [1.807, 2.05) is 6.07 Å². The van der Waals surface area contributed by atoms with E-state index in [4.69, 9.17) is 19.4 Å². The zero-order valence-electron chi connectivity index (χ0n) is 16.8. The molecule has 0 aliphatic rings. The largest absolute Gasteiger partial charge is 0.399 e. The molecule has 0 aromatic heterocycles. The molecule has 1 aromatic rings.